The quantitative estimate of drug-likeness (QED) is 0.773. The summed E-state index contributed by atoms with van der Waals surface area (Å²) in [6, 6.07) is 2.80. The smallest absolute Gasteiger partial charge is 0.337 e. The van der Waals surface area contributed by atoms with Gasteiger partial charge in [-0.3, -0.25) is 4.79 Å². The van der Waals surface area contributed by atoms with E-state index in [-0.39, 0.29) is 22.2 Å². The molecule has 1 aliphatic rings. The van der Waals surface area contributed by atoms with Crippen molar-refractivity contribution < 1.29 is 14.7 Å². The van der Waals surface area contributed by atoms with Crippen LogP contribution in [0.4, 0.5) is 5.69 Å². The molecule has 102 valence electrons. The van der Waals surface area contributed by atoms with E-state index in [0.717, 1.165) is 12.8 Å². The molecule has 2 rings (SSSR count). The van der Waals surface area contributed by atoms with E-state index in [4.69, 9.17) is 22.4 Å². The maximum Gasteiger partial charge on any atom is 0.337 e. The van der Waals surface area contributed by atoms with E-state index in [0.29, 0.717) is 11.6 Å². The number of carboxylic acid groups (broad SMARTS) is 1. The number of benzene rings is 1. The molecule has 1 unspecified atom stereocenters. The highest BCUT2D eigenvalue weighted by molar-refractivity contribution is 6.37. The van der Waals surface area contributed by atoms with Crippen LogP contribution in [0.5, 0.6) is 0 Å². The van der Waals surface area contributed by atoms with Gasteiger partial charge in [-0.25, -0.2) is 4.79 Å². The van der Waals surface area contributed by atoms with Crippen LogP contribution in [0.1, 0.15) is 40.5 Å². The summed E-state index contributed by atoms with van der Waals surface area (Å²) in [4.78, 5) is 22.5. The SMILES string of the molecule is CC(Nc1c(C(N)=O)ccc(C(=O)O)c1Cl)C1CC1. The van der Waals surface area contributed by atoms with Gasteiger partial charge < -0.3 is 16.2 Å². The van der Waals surface area contributed by atoms with Gasteiger partial charge in [0.05, 0.1) is 21.8 Å². The van der Waals surface area contributed by atoms with Crippen molar-refractivity contribution in [1.29, 1.82) is 0 Å². The number of carboxylic acids is 1. The van der Waals surface area contributed by atoms with E-state index in [1.165, 1.54) is 12.1 Å². The van der Waals surface area contributed by atoms with Gasteiger partial charge in [0.1, 0.15) is 0 Å². The Bertz CT molecular complexity index is 541. The topological polar surface area (TPSA) is 92.4 Å². The second-order valence-corrected chi connectivity index (χ2v) is 5.17. The predicted molar refractivity (Wildman–Crippen MR) is 72.7 cm³/mol. The normalized spacial score (nSPS) is 15.9. The summed E-state index contributed by atoms with van der Waals surface area (Å²) >= 11 is 6.07. The highest BCUT2D eigenvalue weighted by Crippen LogP contribution is 2.37. The van der Waals surface area contributed by atoms with Gasteiger partial charge in [0, 0.05) is 6.04 Å². The lowest BCUT2D eigenvalue weighted by molar-refractivity contribution is 0.0696. The minimum absolute atomic E-state index is 0.0244. The monoisotopic (exact) mass is 282 g/mol. The number of carbonyl (C=O) groups is 2. The van der Waals surface area contributed by atoms with Crippen LogP contribution < -0.4 is 11.1 Å². The number of hydrogen-bond donors (Lipinski definition) is 3. The molecule has 0 heterocycles. The summed E-state index contributed by atoms with van der Waals surface area (Å²) in [5, 5.41) is 12.2. The Balaban J connectivity index is 2.43. The number of rotatable bonds is 5. The van der Waals surface area contributed by atoms with Gasteiger partial charge in [-0.2, -0.15) is 0 Å². The van der Waals surface area contributed by atoms with Crippen molar-refractivity contribution in [2.45, 2.75) is 25.8 Å². The summed E-state index contributed by atoms with van der Waals surface area (Å²) in [6.45, 7) is 1.98. The Labute approximate surface area is 115 Å². The number of amides is 1. The largest absolute Gasteiger partial charge is 0.478 e. The van der Waals surface area contributed by atoms with Crippen LogP contribution >= 0.6 is 11.6 Å². The maximum absolute atomic E-state index is 11.4. The van der Waals surface area contributed by atoms with Crippen LogP contribution in [-0.4, -0.2) is 23.0 Å². The van der Waals surface area contributed by atoms with Crippen LogP contribution in [-0.2, 0) is 0 Å². The van der Waals surface area contributed by atoms with Gasteiger partial charge in [0.25, 0.3) is 5.91 Å². The van der Waals surface area contributed by atoms with Crippen LogP contribution in [0.25, 0.3) is 0 Å². The summed E-state index contributed by atoms with van der Waals surface area (Å²) in [7, 11) is 0. The first-order valence-electron chi connectivity index (χ1n) is 6.04. The van der Waals surface area contributed by atoms with Crippen molar-refractivity contribution >= 4 is 29.2 Å². The highest BCUT2D eigenvalue weighted by atomic mass is 35.5. The first-order chi connectivity index (χ1) is 8.91. The fraction of sp³-hybridized carbons (Fsp3) is 0.385. The van der Waals surface area contributed by atoms with E-state index in [1.54, 1.807) is 0 Å². The number of halogens is 1. The number of aromatic carboxylic acids is 1. The first-order valence-corrected chi connectivity index (χ1v) is 6.41. The molecule has 0 spiro atoms. The molecule has 5 nitrogen and oxygen atoms in total. The Hall–Kier alpha value is -1.75. The zero-order valence-corrected chi connectivity index (χ0v) is 11.2. The van der Waals surface area contributed by atoms with Crippen LogP contribution in [0.15, 0.2) is 12.1 Å². The molecule has 0 aliphatic heterocycles. The number of carbonyl (C=O) groups excluding carboxylic acids is 1. The van der Waals surface area contributed by atoms with Gasteiger partial charge in [-0.1, -0.05) is 11.6 Å². The van der Waals surface area contributed by atoms with E-state index in [1.807, 2.05) is 6.92 Å². The van der Waals surface area contributed by atoms with Crippen molar-refractivity contribution in [3.05, 3.63) is 28.3 Å². The molecular weight excluding hydrogens is 268 g/mol. The minimum atomic E-state index is -1.14. The van der Waals surface area contributed by atoms with Crippen LogP contribution in [0, 0.1) is 5.92 Å². The molecule has 0 radical (unpaired) electrons. The number of nitrogens with two attached hydrogens (primary N) is 1. The third-order valence-corrected chi connectivity index (χ3v) is 3.73. The first kappa shape index (κ1) is 13.7. The number of nitrogens with one attached hydrogen (secondary N) is 1. The molecule has 1 aromatic carbocycles. The van der Waals surface area contributed by atoms with Gasteiger partial charge in [0.15, 0.2) is 0 Å². The molecule has 19 heavy (non-hydrogen) atoms. The lowest BCUT2D eigenvalue weighted by atomic mass is 10.1. The van der Waals surface area contributed by atoms with Gasteiger partial charge >= 0.3 is 5.97 Å². The average molecular weight is 283 g/mol. The van der Waals surface area contributed by atoms with Gasteiger partial charge in [-0.05, 0) is 37.8 Å². The van der Waals surface area contributed by atoms with Crippen molar-refractivity contribution in [2.24, 2.45) is 11.7 Å². The Morgan fingerprint density at radius 3 is 2.47 bits per heavy atom. The summed E-state index contributed by atoms with van der Waals surface area (Å²) in [6.07, 6.45) is 2.24. The summed E-state index contributed by atoms with van der Waals surface area (Å²) in [5.41, 5.74) is 5.77. The molecule has 1 amide bonds. The van der Waals surface area contributed by atoms with Crippen molar-refractivity contribution in [1.82, 2.24) is 0 Å². The number of primary amides is 1. The summed E-state index contributed by atoms with van der Waals surface area (Å²) in [5.74, 6) is -1.24. The third kappa shape index (κ3) is 2.81. The second kappa shape index (κ2) is 5.09. The number of anilines is 1. The average Bonchev–Trinajstić information content (AvgIpc) is 3.14. The molecule has 0 saturated heterocycles. The summed E-state index contributed by atoms with van der Waals surface area (Å²) < 4.78 is 0. The molecule has 6 heteroatoms. The Kier molecular flexibility index (Phi) is 3.66. The maximum atomic E-state index is 11.4. The van der Waals surface area contributed by atoms with Gasteiger partial charge in [-0.15, -0.1) is 0 Å². The fourth-order valence-electron chi connectivity index (χ4n) is 2.03. The fourth-order valence-corrected chi connectivity index (χ4v) is 2.33. The zero-order valence-electron chi connectivity index (χ0n) is 10.4. The van der Waals surface area contributed by atoms with Crippen LogP contribution in [0.2, 0.25) is 5.02 Å². The molecule has 1 aliphatic carbocycles. The molecule has 1 saturated carbocycles. The number of hydrogen-bond acceptors (Lipinski definition) is 3. The van der Waals surface area contributed by atoms with E-state index in [9.17, 15) is 9.59 Å². The molecule has 1 fully saturated rings. The van der Waals surface area contributed by atoms with Gasteiger partial charge in [0.2, 0.25) is 0 Å². The predicted octanol–water partition coefficient (Wildman–Crippen LogP) is 2.35. The van der Waals surface area contributed by atoms with Crippen LogP contribution in [0.3, 0.4) is 0 Å². The zero-order chi connectivity index (χ0) is 14.2. The van der Waals surface area contributed by atoms with Crippen molar-refractivity contribution in [3.8, 4) is 0 Å². The molecule has 1 aromatic rings. The third-order valence-electron chi connectivity index (χ3n) is 3.34. The van der Waals surface area contributed by atoms with E-state index in [2.05, 4.69) is 5.32 Å². The molecule has 1 atom stereocenters. The molecule has 0 aromatic heterocycles. The lowest BCUT2D eigenvalue weighted by Crippen LogP contribution is -2.22. The molecule has 0 bridgehead atoms. The van der Waals surface area contributed by atoms with Crippen molar-refractivity contribution in [2.75, 3.05) is 5.32 Å². The molecular formula is C13H15ClN2O3. The van der Waals surface area contributed by atoms with Crippen molar-refractivity contribution in [3.63, 3.8) is 0 Å². The Morgan fingerprint density at radius 1 is 1.42 bits per heavy atom. The molecule has 4 N–H and O–H groups in total. The Morgan fingerprint density at radius 2 is 2.00 bits per heavy atom. The lowest BCUT2D eigenvalue weighted by Gasteiger charge is -2.19. The van der Waals surface area contributed by atoms with E-state index >= 15 is 0 Å². The standard InChI is InChI=1S/C13H15ClN2O3/c1-6(7-2-3-7)16-11-9(12(15)17)5-4-8(10(11)14)13(18)19/h4-7,16H,2-3H2,1H3,(H2,15,17)(H,18,19). The van der Waals surface area contributed by atoms with E-state index < -0.39 is 11.9 Å². The second-order valence-electron chi connectivity index (χ2n) is 4.79. The minimum Gasteiger partial charge on any atom is -0.478 e. The highest BCUT2D eigenvalue weighted by Gasteiger charge is 2.29.